The Balaban J connectivity index is 2.78. The Morgan fingerprint density at radius 1 is 1.44 bits per heavy atom. The van der Waals surface area contributed by atoms with Gasteiger partial charge in [0.05, 0.1) is 4.90 Å². The van der Waals surface area contributed by atoms with Crippen LogP contribution in [0.5, 0.6) is 0 Å². The normalized spacial score (nSPS) is 11.7. The summed E-state index contributed by atoms with van der Waals surface area (Å²) in [5.74, 6) is 0. The van der Waals surface area contributed by atoms with Crippen molar-refractivity contribution in [1.29, 1.82) is 0 Å². The van der Waals surface area contributed by atoms with Crippen molar-refractivity contribution in [2.24, 2.45) is 5.73 Å². The molecule has 0 saturated heterocycles. The molecule has 5 nitrogen and oxygen atoms in total. The first-order valence-electron chi connectivity index (χ1n) is 5.48. The highest BCUT2D eigenvalue weighted by atomic mass is 79.9. The lowest BCUT2D eigenvalue weighted by Crippen LogP contribution is -2.25. The number of methoxy groups -OCH3 is 1. The minimum atomic E-state index is -3.49. The zero-order valence-corrected chi connectivity index (χ0v) is 12.6. The first-order chi connectivity index (χ1) is 8.51. The van der Waals surface area contributed by atoms with Gasteiger partial charge in [-0.1, -0.05) is 6.07 Å². The highest BCUT2D eigenvalue weighted by Crippen LogP contribution is 2.22. The maximum absolute atomic E-state index is 12.0. The van der Waals surface area contributed by atoms with Gasteiger partial charge in [0.15, 0.2) is 0 Å². The minimum absolute atomic E-state index is 0.220. The van der Waals surface area contributed by atoms with Crippen LogP contribution < -0.4 is 10.5 Å². The zero-order chi connectivity index (χ0) is 13.6. The van der Waals surface area contributed by atoms with Crippen LogP contribution >= 0.6 is 15.9 Å². The quantitative estimate of drug-likeness (QED) is 0.733. The van der Waals surface area contributed by atoms with Gasteiger partial charge >= 0.3 is 0 Å². The molecule has 0 heterocycles. The first-order valence-corrected chi connectivity index (χ1v) is 7.76. The Kier molecular flexibility index (Phi) is 6.24. The van der Waals surface area contributed by atoms with Crippen LogP contribution in [0.25, 0.3) is 0 Å². The van der Waals surface area contributed by atoms with Crippen LogP contribution in [0.2, 0.25) is 0 Å². The molecule has 0 amide bonds. The Hall–Kier alpha value is -0.470. The Morgan fingerprint density at radius 2 is 2.17 bits per heavy atom. The van der Waals surface area contributed by atoms with E-state index in [1.807, 2.05) is 0 Å². The molecule has 0 aliphatic heterocycles. The van der Waals surface area contributed by atoms with Gasteiger partial charge in [-0.15, -0.1) is 0 Å². The standard InChI is InChI=1S/C11H17BrN2O3S/c1-17-6-2-5-14-18(15,16)11-4-3-9(8-13)7-10(11)12/h3-4,7,14H,2,5-6,8,13H2,1H3. The van der Waals surface area contributed by atoms with E-state index in [0.29, 0.717) is 30.6 Å². The number of benzene rings is 1. The molecule has 0 saturated carbocycles. The van der Waals surface area contributed by atoms with Crippen LogP contribution in [-0.2, 0) is 21.3 Å². The van der Waals surface area contributed by atoms with Crippen LogP contribution in [0.1, 0.15) is 12.0 Å². The molecule has 0 bridgehead atoms. The third-order valence-corrected chi connectivity index (χ3v) is 4.78. The molecule has 1 aromatic rings. The number of ether oxygens (including phenoxy) is 1. The lowest BCUT2D eigenvalue weighted by Gasteiger charge is -2.09. The topological polar surface area (TPSA) is 81.4 Å². The SMILES string of the molecule is COCCCNS(=O)(=O)c1ccc(CN)cc1Br. The maximum atomic E-state index is 12.0. The molecule has 0 fully saturated rings. The van der Waals surface area contributed by atoms with Gasteiger partial charge in [-0.3, -0.25) is 0 Å². The summed E-state index contributed by atoms with van der Waals surface area (Å²) in [6.07, 6.45) is 0.633. The summed E-state index contributed by atoms with van der Waals surface area (Å²) in [5.41, 5.74) is 6.37. The summed E-state index contributed by atoms with van der Waals surface area (Å²) in [6.45, 7) is 1.25. The van der Waals surface area contributed by atoms with Crippen LogP contribution in [-0.4, -0.2) is 28.7 Å². The number of sulfonamides is 1. The van der Waals surface area contributed by atoms with Crippen molar-refractivity contribution in [3.8, 4) is 0 Å². The summed E-state index contributed by atoms with van der Waals surface area (Å²) in [7, 11) is -1.91. The number of nitrogens with one attached hydrogen (secondary N) is 1. The third kappa shape index (κ3) is 4.33. The molecular weight excluding hydrogens is 320 g/mol. The van der Waals surface area contributed by atoms with E-state index in [1.54, 1.807) is 25.3 Å². The molecule has 18 heavy (non-hydrogen) atoms. The first kappa shape index (κ1) is 15.6. The van der Waals surface area contributed by atoms with Crippen molar-refractivity contribution in [2.75, 3.05) is 20.3 Å². The lowest BCUT2D eigenvalue weighted by molar-refractivity contribution is 0.196. The van der Waals surface area contributed by atoms with Gasteiger partial charge in [-0.05, 0) is 40.0 Å². The second-order valence-corrected chi connectivity index (χ2v) is 6.30. The van der Waals surface area contributed by atoms with Crippen molar-refractivity contribution in [3.63, 3.8) is 0 Å². The van der Waals surface area contributed by atoms with Crippen molar-refractivity contribution >= 4 is 26.0 Å². The predicted molar refractivity (Wildman–Crippen MR) is 73.7 cm³/mol. The number of hydrogen-bond acceptors (Lipinski definition) is 4. The Labute approximate surface area is 116 Å². The van der Waals surface area contributed by atoms with E-state index in [2.05, 4.69) is 20.7 Å². The van der Waals surface area contributed by atoms with Gasteiger partial charge in [-0.25, -0.2) is 13.1 Å². The fraction of sp³-hybridized carbons (Fsp3) is 0.455. The predicted octanol–water partition coefficient (Wildman–Crippen LogP) is 1.22. The summed E-state index contributed by atoms with van der Waals surface area (Å²) in [5, 5.41) is 0. The number of rotatable bonds is 7. The molecule has 102 valence electrons. The van der Waals surface area contributed by atoms with Crippen LogP contribution in [0.15, 0.2) is 27.6 Å². The van der Waals surface area contributed by atoms with E-state index in [1.165, 1.54) is 0 Å². The van der Waals surface area contributed by atoms with Gasteiger partial charge in [0.1, 0.15) is 0 Å². The Morgan fingerprint density at radius 3 is 2.72 bits per heavy atom. The van der Waals surface area contributed by atoms with Gasteiger partial charge in [0.25, 0.3) is 0 Å². The molecular formula is C11H17BrN2O3S. The average Bonchev–Trinajstić information content (AvgIpc) is 2.34. The second kappa shape index (κ2) is 7.20. The van der Waals surface area contributed by atoms with Gasteiger partial charge in [0.2, 0.25) is 10.0 Å². The summed E-state index contributed by atoms with van der Waals surface area (Å²) < 4.78 is 31.9. The zero-order valence-electron chi connectivity index (χ0n) is 10.1. The molecule has 3 N–H and O–H groups in total. The molecule has 1 rings (SSSR count). The van der Waals surface area contributed by atoms with E-state index in [-0.39, 0.29) is 4.90 Å². The molecule has 0 radical (unpaired) electrons. The van der Waals surface area contributed by atoms with Crippen molar-refractivity contribution in [2.45, 2.75) is 17.9 Å². The highest BCUT2D eigenvalue weighted by Gasteiger charge is 2.16. The number of halogens is 1. The molecule has 0 unspecified atom stereocenters. The maximum Gasteiger partial charge on any atom is 0.241 e. The fourth-order valence-electron chi connectivity index (χ4n) is 1.39. The van der Waals surface area contributed by atoms with E-state index in [9.17, 15) is 8.42 Å². The van der Waals surface area contributed by atoms with E-state index >= 15 is 0 Å². The van der Waals surface area contributed by atoms with Crippen molar-refractivity contribution < 1.29 is 13.2 Å². The lowest BCUT2D eigenvalue weighted by atomic mass is 10.2. The summed E-state index contributed by atoms with van der Waals surface area (Å²) >= 11 is 3.25. The number of hydrogen-bond donors (Lipinski definition) is 2. The highest BCUT2D eigenvalue weighted by molar-refractivity contribution is 9.10. The van der Waals surface area contributed by atoms with E-state index in [4.69, 9.17) is 10.5 Å². The van der Waals surface area contributed by atoms with Gasteiger partial charge in [-0.2, -0.15) is 0 Å². The number of nitrogens with two attached hydrogens (primary N) is 1. The van der Waals surface area contributed by atoms with Crippen molar-refractivity contribution in [3.05, 3.63) is 28.2 Å². The molecule has 0 spiro atoms. The van der Waals surface area contributed by atoms with Crippen LogP contribution in [0.4, 0.5) is 0 Å². The molecule has 7 heteroatoms. The smallest absolute Gasteiger partial charge is 0.241 e. The monoisotopic (exact) mass is 336 g/mol. The summed E-state index contributed by atoms with van der Waals surface area (Å²) in [4.78, 5) is 0.220. The average molecular weight is 337 g/mol. The van der Waals surface area contributed by atoms with Gasteiger partial charge < -0.3 is 10.5 Å². The minimum Gasteiger partial charge on any atom is -0.385 e. The fourth-order valence-corrected chi connectivity index (χ4v) is 3.59. The molecule has 0 aliphatic carbocycles. The second-order valence-electron chi connectivity index (χ2n) is 3.71. The van der Waals surface area contributed by atoms with Gasteiger partial charge in [0, 0.05) is 31.3 Å². The van der Waals surface area contributed by atoms with E-state index < -0.39 is 10.0 Å². The molecule has 0 aromatic heterocycles. The molecule has 1 aromatic carbocycles. The van der Waals surface area contributed by atoms with Crippen LogP contribution in [0, 0.1) is 0 Å². The molecule has 0 atom stereocenters. The Bertz CT molecular complexity index is 491. The summed E-state index contributed by atoms with van der Waals surface area (Å²) in [6, 6.07) is 4.96. The van der Waals surface area contributed by atoms with E-state index in [0.717, 1.165) is 5.56 Å². The largest absolute Gasteiger partial charge is 0.385 e. The molecule has 0 aliphatic rings. The third-order valence-electron chi connectivity index (χ3n) is 2.34. The van der Waals surface area contributed by atoms with Crippen molar-refractivity contribution in [1.82, 2.24) is 4.72 Å². The van der Waals surface area contributed by atoms with Crippen LogP contribution in [0.3, 0.4) is 0 Å².